The molecule has 128 valence electrons. The maximum absolute atomic E-state index is 12.8. The van der Waals surface area contributed by atoms with Gasteiger partial charge in [0.05, 0.1) is 10.6 Å². The molecule has 2 aromatic rings. The van der Waals surface area contributed by atoms with Gasteiger partial charge in [-0.1, -0.05) is 31.2 Å². The topological polar surface area (TPSA) is 46.6 Å². The lowest BCUT2D eigenvalue weighted by atomic mass is 10.0. The van der Waals surface area contributed by atoms with Crippen LogP contribution < -0.4 is 9.04 Å². The number of fused-ring (bicyclic) bond motifs is 1. The fraction of sp³-hybridized carbons (Fsp3) is 0.250. The Morgan fingerprint density at radius 3 is 2.54 bits per heavy atom. The Balaban J connectivity index is 1.99. The van der Waals surface area contributed by atoms with E-state index in [0.29, 0.717) is 5.69 Å². The van der Waals surface area contributed by atoms with E-state index in [4.69, 9.17) is 0 Å². The van der Waals surface area contributed by atoms with Crippen LogP contribution in [0, 0.1) is 0 Å². The van der Waals surface area contributed by atoms with Crippen molar-refractivity contribution in [3.63, 3.8) is 0 Å². The van der Waals surface area contributed by atoms with Crippen LogP contribution in [0.15, 0.2) is 53.4 Å². The van der Waals surface area contributed by atoms with Crippen LogP contribution in [0.4, 0.5) is 18.9 Å². The van der Waals surface area contributed by atoms with Crippen LogP contribution in [0.3, 0.4) is 0 Å². The van der Waals surface area contributed by atoms with Crippen molar-refractivity contribution in [2.45, 2.75) is 24.1 Å². The highest BCUT2D eigenvalue weighted by molar-refractivity contribution is 7.92. The van der Waals surface area contributed by atoms with E-state index >= 15 is 0 Å². The summed E-state index contributed by atoms with van der Waals surface area (Å²) < 4.78 is 67.7. The molecule has 3 rings (SSSR count). The standard InChI is InChI=1S/C16H14F3NO3S/c1-11-10-20(15-8-3-2-7-14(11)15)24(21,22)13-6-4-5-12(9-13)23-16(17,18)19/h2-9,11H,10H2,1H3. The van der Waals surface area contributed by atoms with Crippen LogP contribution in [0.2, 0.25) is 0 Å². The first-order chi connectivity index (χ1) is 11.2. The van der Waals surface area contributed by atoms with Gasteiger partial charge in [0.1, 0.15) is 5.75 Å². The van der Waals surface area contributed by atoms with Crippen molar-refractivity contribution < 1.29 is 26.3 Å². The Morgan fingerprint density at radius 1 is 1.12 bits per heavy atom. The highest BCUT2D eigenvalue weighted by Gasteiger charge is 2.35. The average Bonchev–Trinajstić information content (AvgIpc) is 2.84. The van der Waals surface area contributed by atoms with Crippen LogP contribution in [0.1, 0.15) is 18.4 Å². The second kappa shape index (κ2) is 5.70. The minimum Gasteiger partial charge on any atom is -0.406 e. The molecule has 0 spiro atoms. The molecule has 0 aliphatic carbocycles. The van der Waals surface area contributed by atoms with E-state index in [1.807, 2.05) is 19.1 Å². The van der Waals surface area contributed by atoms with Gasteiger partial charge in [-0.2, -0.15) is 0 Å². The lowest BCUT2D eigenvalue weighted by Gasteiger charge is -2.20. The van der Waals surface area contributed by atoms with Crippen LogP contribution in [0.5, 0.6) is 5.75 Å². The van der Waals surface area contributed by atoms with Gasteiger partial charge in [0, 0.05) is 18.5 Å². The molecule has 1 atom stereocenters. The SMILES string of the molecule is CC1CN(S(=O)(=O)c2cccc(OC(F)(F)F)c2)c2ccccc21. The first-order valence-corrected chi connectivity index (χ1v) is 8.60. The number of ether oxygens (including phenoxy) is 1. The van der Waals surface area contributed by atoms with E-state index in [0.717, 1.165) is 17.7 Å². The Bertz CT molecular complexity index is 865. The van der Waals surface area contributed by atoms with Crippen LogP contribution in [0.25, 0.3) is 0 Å². The molecule has 24 heavy (non-hydrogen) atoms. The summed E-state index contributed by atoms with van der Waals surface area (Å²) in [6, 6.07) is 11.5. The zero-order valence-corrected chi connectivity index (χ0v) is 13.4. The van der Waals surface area contributed by atoms with Gasteiger partial charge in [-0.3, -0.25) is 4.31 Å². The second-order valence-electron chi connectivity index (χ2n) is 5.52. The molecule has 0 aromatic heterocycles. The van der Waals surface area contributed by atoms with Gasteiger partial charge in [0.25, 0.3) is 10.0 Å². The van der Waals surface area contributed by atoms with Gasteiger partial charge in [-0.15, -0.1) is 13.2 Å². The fourth-order valence-electron chi connectivity index (χ4n) is 2.76. The van der Waals surface area contributed by atoms with E-state index in [1.165, 1.54) is 16.4 Å². The zero-order valence-electron chi connectivity index (χ0n) is 12.6. The Hall–Kier alpha value is -2.22. The fourth-order valence-corrected chi connectivity index (χ4v) is 4.38. The number of hydrogen-bond donors (Lipinski definition) is 0. The molecule has 1 aliphatic rings. The van der Waals surface area contributed by atoms with Crippen LogP contribution in [-0.4, -0.2) is 21.3 Å². The van der Waals surface area contributed by atoms with Gasteiger partial charge in [-0.25, -0.2) is 8.42 Å². The molecule has 2 aromatic carbocycles. The van der Waals surface area contributed by atoms with Gasteiger partial charge in [0.15, 0.2) is 0 Å². The van der Waals surface area contributed by atoms with Crippen molar-refractivity contribution in [3.05, 3.63) is 54.1 Å². The molecule has 0 radical (unpaired) electrons. The average molecular weight is 357 g/mol. The number of benzene rings is 2. The van der Waals surface area contributed by atoms with Crippen molar-refractivity contribution in [2.75, 3.05) is 10.8 Å². The number of halogens is 3. The Kier molecular flexibility index (Phi) is 3.95. The molecule has 1 aliphatic heterocycles. The molecular weight excluding hydrogens is 343 g/mol. The lowest BCUT2D eigenvalue weighted by molar-refractivity contribution is -0.274. The number of hydrogen-bond acceptors (Lipinski definition) is 3. The molecule has 0 N–H and O–H groups in total. The number of rotatable bonds is 3. The number of sulfonamides is 1. The number of anilines is 1. The Morgan fingerprint density at radius 2 is 1.83 bits per heavy atom. The maximum atomic E-state index is 12.8. The molecule has 8 heteroatoms. The normalized spacial score (nSPS) is 17.7. The number of para-hydroxylation sites is 1. The van der Waals surface area contributed by atoms with E-state index in [9.17, 15) is 21.6 Å². The smallest absolute Gasteiger partial charge is 0.406 e. The molecular formula is C16H14F3NO3S. The summed E-state index contributed by atoms with van der Waals surface area (Å²) in [5.74, 6) is -0.560. The van der Waals surface area contributed by atoms with Crippen molar-refractivity contribution >= 4 is 15.7 Å². The lowest BCUT2D eigenvalue weighted by Crippen LogP contribution is -2.29. The van der Waals surface area contributed by atoms with E-state index in [1.54, 1.807) is 12.1 Å². The predicted molar refractivity (Wildman–Crippen MR) is 82.5 cm³/mol. The summed E-state index contributed by atoms with van der Waals surface area (Å²) in [6.07, 6.45) is -4.88. The van der Waals surface area contributed by atoms with Crippen molar-refractivity contribution in [2.24, 2.45) is 0 Å². The second-order valence-corrected chi connectivity index (χ2v) is 7.38. The van der Waals surface area contributed by atoms with E-state index in [2.05, 4.69) is 4.74 Å². The summed E-state index contributed by atoms with van der Waals surface area (Å²) in [4.78, 5) is -0.242. The molecule has 0 saturated carbocycles. The quantitative estimate of drug-likeness (QED) is 0.837. The van der Waals surface area contributed by atoms with Gasteiger partial charge in [0.2, 0.25) is 0 Å². The summed E-state index contributed by atoms with van der Waals surface area (Å²) >= 11 is 0. The largest absolute Gasteiger partial charge is 0.573 e. The third-order valence-electron chi connectivity index (χ3n) is 3.80. The zero-order chi connectivity index (χ0) is 17.5. The molecule has 0 bridgehead atoms. The molecule has 1 heterocycles. The predicted octanol–water partition coefficient (Wildman–Crippen LogP) is 3.90. The van der Waals surface area contributed by atoms with Crippen LogP contribution >= 0.6 is 0 Å². The molecule has 4 nitrogen and oxygen atoms in total. The van der Waals surface area contributed by atoms with Crippen molar-refractivity contribution in [1.29, 1.82) is 0 Å². The summed E-state index contributed by atoms with van der Waals surface area (Å²) in [5.41, 5.74) is 1.44. The number of alkyl halides is 3. The maximum Gasteiger partial charge on any atom is 0.573 e. The Labute approximate surface area is 137 Å². The van der Waals surface area contributed by atoms with Gasteiger partial charge >= 0.3 is 6.36 Å². The van der Waals surface area contributed by atoms with Gasteiger partial charge in [-0.05, 0) is 23.8 Å². The summed E-state index contributed by atoms with van der Waals surface area (Å²) in [7, 11) is -3.98. The minimum atomic E-state index is -4.88. The first-order valence-electron chi connectivity index (χ1n) is 7.16. The molecule has 0 amide bonds. The van der Waals surface area contributed by atoms with Gasteiger partial charge < -0.3 is 4.74 Å². The minimum absolute atomic E-state index is 0.00517. The van der Waals surface area contributed by atoms with E-state index < -0.39 is 22.1 Å². The monoisotopic (exact) mass is 357 g/mol. The molecule has 0 saturated heterocycles. The van der Waals surface area contributed by atoms with Crippen molar-refractivity contribution in [1.82, 2.24) is 0 Å². The van der Waals surface area contributed by atoms with E-state index in [-0.39, 0.29) is 17.4 Å². The highest BCUT2D eigenvalue weighted by atomic mass is 32.2. The van der Waals surface area contributed by atoms with Crippen molar-refractivity contribution in [3.8, 4) is 5.75 Å². The summed E-state index contributed by atoms with van der Waals surface area (Å²) in [5, 5.41) is 0. The van der Waals surface area contributed by atoms with Crippen LogP contribution in [-0.2, 0) is 10.0 Å². The summed E-state index contributed by atoms with van der Waals surface area (Å²) in [6.45, 7) is 2.14. The third kappa shape index (κ3) is 3.06. The third-order valence-corrected chi connectivity index (χ3v) is 5.58. The molecule has 1 unspecified atom stereocenters. The highest BCUT2D eigenvalue weighted by Crippen LogP contribution is 2.39. The number of nitrogens with zero attached hydrogens (tertiary/aromatic N) is 1. The molecule has 0 fully saturated rings. The first kappa shape index (κ1) is 16.6.